The molecule has 8 nitrogen and oxygen atoms in total. The highest BCUT2D eigenvalue weighted by Gasteiger charge is 2.20. The predicted octanol–water partition coefficient (Wildman–Crippen LogP) is 0.204. The summed E-state index contributed by atoms with van der Waals surface area (Å²) >= 11 is 0.792. The lowest BCUT2D eigenvalue weighted by molar-refractivity contribution is 0.463. The number of nitrogens with one attached hydrogen (secondary N) is 1. The van der Waals surface area contributed by atoms with Crippen molar-refractivity contribution in [2.75, 3.05) is 5.73 Å². The Morgan fingerprint density at radius 2 is 2.11 bits per heavy atom. The van der Waals surface area contributed by atoms with Gasteiger partial charge in [-0.25, -0.2) is 13.4 Å². The Balaban J connectivity index is 2.10. The minimum Gasteiger partial charge on any atom is -0.444 e. The summed E-state index contributed by atoms with van der Waals surface area (Å²) in [4.78, 5) is 4.06. The molecule has 2 rings (SSSR count). The van der Waals surface area contributed by atoms with E-state index in [2.05, 4.69) is 19.9 Å². The number of hydrogen-bond donors (Lipinski definition) is 2. The van der Waals surface area contributed by atoms with E-state index in [1.54, 1.807) is 13.8 Å². The molecule has 18 heavy (non-hydrogen) atoms. The number of sulfonamides is 1. The van der Waals surface area contributed by atoms with Gasteiger partial charge in [-0.05, 0) is 13.8 Å². The highest BCUT2D eigenvalue weighted by Crippen LogP contribution is 2.17. The van der Waals surface area contributed by atoms with E-state index in [1.165, 1.54) is 0 Å². The Kier molecular flexibility index (Phi) is 3.32. The molecule has 0 aliphatic carbocycles. The molecule has 2 aromatic heterocycles. The second kappa shape index (κ2) is 4.63. The Morgan fingerprint density at radius 1 is 1.39 bits per heavy atom. The summed E-state index contributed by atoms with van der Waals surface area (Å²) in [5.74, 6) is 0.954. The Hall–Kier alpha value is -1.52. The quantitative estimate of drug-likeness (QED) is 0.824. The van der Waals surface area contributed by atoms with Crippen LogP contribution in [0.5, 0.6) is 0 Å². The van der Waals surface area contributed by atoms with Crippen LogP contribution in [0.2, 0.25) is 0 Å². The first-order valence-corrected chi connectivity index (χ1v) is 7.20. The lowest BCUT2D eigenvalue weighted by Gasteiger charge is -1.99. The minimum atomic E-state index is -3.73. The smallest absolute Gasteiger partial charge is 0.270 e. The zero-order valence-electron chi connectivity index (χ0n) is 9.67. The number of oxazole rings is 1. The lowest BCUT2D eigenvalue weighted by Crippen LogP contribution is -2.23. The number of nitrogens with zero attached hydrogens (tertiary/aromatic N) is 3. The number of aryl methyl sites for hydroxylation is 2. The van der Waals surface area contributed by atoms with Gasteiger partial charge in [0, 0.05) is 0 Å². The van der Waals surface area contributed by atoms with Crippen molar-refractivity contribution in [2.45, 2.75) is 24.7 Å². The highest BCUT2D eigenvalue weighted by atomic mass is 32.2. The first-order chi connectivity index (χ1) is 8.38. The summed E-state index contributed by atoms with van der Waals surface area (Å²) in [7, 11) is -3.73. The van der Waals surface area contributed by atoms with E-state index in [1.807, 2.05) is 0 Å². The fourth-order valence-corrected chi connectivity index (χ4v) is 2.96. The maximum atomic E-state index is 11.8. The van der Waals surface area contributed by atoms with Gasteiger partial charge in [0.2, 0.25) is 15.4 Å². The van der Waals surface area contributed by atoms with Crippen molar-refractivity contribution in [2.24, 2.45) is 0 Å². The number of hydrogen-bond acceptors (Lipinski definition) is 8. The maximum Gasteiger partial charge on any atom is 0.270 e. The summed E-state index contributed by atoms with van der Waals surface area (Å²) in [6.07, 6.45) is 0. The van der Waals surface area contributed by atoms with Crippen molar-refractivity contribution in [3.05, 3.63) is 17.3 Å². The summed E-state index contributed by atoms with van der Waals surface area (Å²) in [5.41, 5.74) is 6.05. The van der Waals surface area contributed by atoms with Crippen LogP contribution in [0, 0.1) is 13.8 Å². The van der Waals surface area contributed by atoms with E-state index >= 15 is 0 Å². The first kappa shape index (κ1) is 12.9. The predicted molar refractivity (Wildman–Crippen MR) is 64.3 cm³/mol. The molecule has 10 heteroatoms. The van der Waals surface area contributed by atoms with Crippen molar-refractivity contribution in [1.82, 2.24) is 19.9 Å². The van der Waals surface area contributed by atoms with Gasteiger partial charge >= 0.3 is 0 Å². The van der Waals surface area contributed by atoms with E-state index in [0.717, 1.165) is 17.0 Å². The second-order valence-corrected chi connectivity index (χ2v) is 6.43. The molecule has 0 aromatic carbocycles. The van der Waals surface area contributed by atoms with Gasteiger partial charge in [-0.1, -0.05) is 11.3 Å². The molecule has 98 valence electrons. The SMILES string of the molecule is Cc1nc(CNS(=O)(=O)c2nnc(N)s2)oc1C. The van der Waals surface area contributed by atoms with Gasteiger partial charge in [0.25, 0.3) is 10.0 Å². The average Bonchev–Trinajstić information content (AvgIpc) is 2.85. The molecular weight excluding hydrogens is 278 g/mol. The van der Waals surface area contributed by atoms with Crippen LogP contribution in [0.15, 0.2) is 8.76 Å². The van der Waals surface area contributed by atoms with Crippen LogP contribution in [0.3, 0.4) is 0 Å². The Morgan fingerprint density at radius 3 is 2.61 bits per heavy atom. The number of anilines is 1. The molecule has 0 amide bonds. The van der Waals surface area contributed by atoms with Crippen molar-refractivity contribution in [3.63, 3.8) is 0 Å². The number of nitrogen functional groups attached to an aromatic ring is 1. The van der Waals surface area contributed by atoms with E-state index in [4.69, 9.17) is 10.2 Å². The van der Waals surface area contributed by atoms with Gasteiger partial charge in [0.1, 0.15) is 5.76 Å². The van der Waals surface area contributed by atoms with Gasteiger partial charge < -0.3 is 10.2 Å². The first-order valence-electron chi connectivity index (χ1n) is 4.90. The Labute approximate surface area is 107 Å². The molecule has 2 aromatic rings. The molecule has 0 radical (unpaired) electrons. The molecular formula is C8H11N5O3S2. The van der Waals surface area contributed by atoms with Crippen LogP contribution in [-0.2, 0) is 16.6 Å². The van der Waals surface area contributed by atoms with Crippen LogP contribution >= 0.6 is 11.3 Å². The zero-order valence-corrected chi connectivity index (χ0v) is 11.3. The standard InChI is InChI=1S/C8H11N5O3S2/c1-4-5(2)16-6(11-4)3-10-18(14,15)8-13-12-7(9)17-8/h10H,3H2,1-2H3,(H2,9,12). The Bertz CT molecular complexity index is 641. The van der Waals surface area contributed by atoms with Crippen LogP contribution in [0.4, 0.5) is 5.13 Å². The minimum absolute atomic E-state index is 0.0451. The van der Waals surface area contributed by atoms with E-state index < -0.39 is 10.0 Å². The largest absolute Gasteiger partial charge is 0.444 e. The average molecular weight is 289 g/mol. The third-order valence-corrected chi connectivity index (χ3v) is 4.66. The second-order valence-electron chi connectivity index (χ2n) is 3.48. The molecule has 0 saturated carbocycles. The molecule has 3 N–H and O–H groups in total. The van der Waals surface area contributed by atoms with E-state index in [9.17, 15) is 8.42 Å². The summed E-state index contributed by atoms with van der Waals surface area (Å²) < 4.78 is 31.0. The van der Waals surface area contributed by atoms with Gasteiger partial charge in [0.15, 0.2) is 0 Å². The van der Waals surface area contributed by atoms with Crippen LogP contribution in [-0.4, -0.2) is 23.6 Å². The van der Waals surface area contributed by atoms with Crippen molar-refractivity contribution in [3.8, 4) is 0 Å². The molecule has 0 bridgehead atoms. The van der Waals surface area contributed by atoms with Crippen LogP contribution < -0.4 is 10.5 Å². The van der Waals surface area contributed by atoms with Crippen molar-refractivity contribution >= 4 is 26.5 Å². The van der Waals surface area contributed by atoms with Gasteiger partial charge in [-0.2, -0.15) is 4.72 Å². The maximum absolute atomic E-state index is 11.8. The normalized spacial score (nSPS) is 11.9. The summed E-state index contributed by atoms with van der Waals surface area (Å²) in [6, 6.07) is 0. The monoisotopic (exact) mass is 289 g/mol. The third kappa shape index (κ3) is 2.66. The molecule has 0 aliphatic rings. The summed E-state index contributed by atoms with van der Waals surface area (Å²) in [6.45, 7) is 3.49. The van der Waals surface area contributed by atoms with E-state index in [-0.39, 0.29) is 16.0 Å². The molecule has 0 spiro atoms. The van der Waals surface area contributed by atoms with Crippen LogP contribution in [0.1, 0.15) is 17.3 Å². The lowest BCUT2D eigenvalue weighted by atomic mass is 10.4. The third-order valence-electron chi connectivity index (χ3n) is 2.14. The van der Waals surface area contributed by atoms with Crippen molar-refractivity contribution in [1.29, 1.82) is 0 Å². The fraction of sp³-hybridized carbons (Fsp3) is 0.375. The molecule has 0 aliphatic heterocycles. The zero-order chi connectivity index (χ0) is 13.3. The molecule has 0 saturated heterocycles. The van der Waals surface area contributed by atoms with Crippen molar-refractivity contribution < 1.29 is 12.8 Å². The van der Waals surface area contributed by atoms with Gasteiger partial charge in [-0.15, -0.1) is 10.2 Å². The molecule has 0 atom stereocenters. The molecule has 2 heterocycles. The van der Waals surface area contributed by atoms with Gasteiger partial charge in [-0.3, -0.25) is 0 Å². The number of nitrogens with two attached hydrogens (primary N) is 1. The fourth-order valence-electron chi connectivity index (χ4n) is 1.16. The number of rotatable bonds is 4. The number of aromatic nitrogens is 3. The van der Waals surface area contributed by atoms with E-state index in [0.29, 0.717) is 11.7 Å². The molecule has 0 fully saturated rings. The highest BCUT2D eigenvalue weighted by molar-refractivity contribution is 7.91. The van der Waals surface area contributed by atoms with Gasteiger partial charge in [0.05, 0.1) is 12.2 Å². The van der Waals surface area contributed by atoms with Crippen LogP contribution in [0.25, 0.3) is 0 Å². The topological polar surface area (TPSA) is 124 Å². The molecule has 0 unspecified atom stereocenters. The summed E-state index contributed by atoms with van der Waals surface area (Å²) in [5, 5.41) is 7.00.